The molecule has 3 rings (SSSR count). The molecule has 6 nitrogen and oxygen atoms in total. The molecule has 0 aliphatic rings. The van der Waals surface area contributed by atoms with Crippen LogP contribution in [-0.2, 0) is 0 Å². The van der Waals surface area contributed by atoms with Crippen LogP contribution in [0.25, 0.3) is 10.2 Å². The highest BCUT2D eigenvalue weighted by molar-refractivity contribution is 7.22. The van der Waals surface area contributed by atoms with Gasteiger partial charge in [0.15, 0.2) is 5.13 Å². The SMILES string of the molecule is COc1ccc(OC)c2sc(N(CCCN(C)C)C(=O)c3ccc(F)cc3F)nc12.Cl. The lowest BCUT2D eigenvalue weighted by Gasteiger charge is -2.21. The smallest absolute Gasteiger partial charge is 0.263 e. The number of benzene rings is 2. The standard InChI is InChI=1S/C21H23F2N3O3S.ClH/c1-25(2)10-5-11-26(20(27)14-7-6-13(22)12-15(14)23)21-24-18-16(28-3)8-9-17(29-4)19(18)30-21;/h6-9,12H,5,10-11H2,1-4H3;1H. The Morgan fingerprint density at radius 3 is 2.35 bits per heavy atom. The highest BCUT2D eigenvalue weighted by Crippen LogP contribution is 2.40. The van der Waals surface area contributed by atoms with Crippen LogP contribution in [-0.4, -0.2) is 57.2 Å². The average Bonchev–Trinajstić information content (AvgIpc) is 3.14. The van der Waals surface area contributed by atoms with Crippen molar-refractivity contribution in [3.63, 3.8) is 0 Å². The largest absolute Gasteiger partial charge is 0.495 e. The van der Waals surface area contributed by atoms with Gasteiger partial charge in [-0.25, -0.2) is 13.8 Å². The van der Waals surface area contributed by atoms with Crippen molar-refractivity contribution >= 4 is 45.0 Å². The van der Waals surface area contributed by atoms with Crippen LogP contribution in [0, 0.1) is 11.6 Å². The maximum atomic E-state index is 14.3. The van der Waals surface area contributed by atoms with Gasteiger partial charge in [0, 0.05) is 12.6 Å². The maximum absolute atomic E-state index is 14.3. The quantitative estimate of drug-likeness (QED) is 0.480. The third-order valence-electron chi connectivity index (χ3n) is 4.52. The van der Waals surface area contributed by atoms with Gasteiger partial charge in [-0.2, -0.15) is 0 Å². The zero-order valence-electron chi connectivity index (χ0n) is 17.6. The topological polar surface area (TPSA) is 54.9 Å². The van der Waals surface area contributed by atoms with Crippen molar-refractivity contribution in [2.24, 2.45) is 0 Å². The predicted molar refractivity (Wildman–Crippen MR) is 121 cm³/mol. The van der Waals surface area contributed by atoms with E-state index in [9.17, 15) is 13.6 Å². The molecule has 168 valence electrons. The van der Waals surface area contributed by atoms with Crippen LogP contribution in [0.3, 0.4) is 0 Å². The summed E-state index contributed by atoms with van der Waals surface area (Å²) in [7, 11) is 6.95. The summed E-state index contributed by atoms with van der Waals surface area (Å²) in [5.74, 6) is -1.08. The zero-order chi connectivity index (χ0) is 21.8. The van der Waals surface area contributed by atoms with Gasteiger partial charge in [0.25, 0.3) is 5.91 Å². The highest BCUT2D eigenvalue weighted by atomic mass is 35.5. The Kier molecular flexibility index (Phi) is 8.55. The Morgan fingerprint density at radius 1 is 1.06 bits per heavy atom. The number of thiazole rings is 1. The molecule has 0 unspecified atom stereocenters. The van der Waals surface area contributed by atoms with Gasteiger partial charge in [0.05, 0.1) is 19.8 Å². The number of amides is 1. The van der Waals surface area contributed by atoms with Crippen molar-refractivity contribution in [3.8, 4) is 11.5 Å². The van der Waals surface area contributed by atoms with Gasteiger partial charge in [-0.05, 0) is 51.3 Å². The summed E-state index contributed by atoms with van der Waals surface area (Å²) < 4.78 is 39.2. The first-order valence-corrected chi connectivity index (χ1v) is 10.1. The molecule has 3 aromatic rings. The van der Waals surface area contributed by atoms with Crippen molar-refractivity contribution in [2.75, 3.05) is 46.3 Å². The number of nitrogens with zero attached hydrogens (tertiary/aromatic N) is 3. The van der Waals surface area contributed by atoms with Gasteiger partial charge in [-0.15, -0.1) is 12.4 Å². The maximum Gasteiger partial charge on any atom is 0.263 e. The lowest BCUT2D eigenvalue weighted by Crippen LogP contribution is -2.34. The normalized spacial score (nSPS) is 10.8. The fraction of sp³-hybridized carbons (Fsp3) is 0.333. The fourth-order valence-electron chi connectivity index (χ4n) is 3.03. The number of hydrogen-bond donors (Lipinski definition) is 0. The molecule has 10 heteroatoms. The average molecular weight is 472 g/mol. The number of carbonyl (C=O) groups excluding carboxylic acids is 1. The molecule has 1 aromatic heterocycles. The molecule has 0 bridgehead atoms. The van der Waals surface area contributed by atoms with E-state index in [4.69, 9.17) is 9.47 Å². The number of halogens is 3. The molecule has 0 aliphatic carbocycles. The number of aromatic nitrogens is 1. The number of anilines is 1. The number of ether oxygens (including phenoxy) is 2. The van der Waals surface area contributed by atoms with Crippen molar-refractivity contribution in [2.45, 2.75) is 6.42 Å². The zero-order valence-corrected chi connectivity index (χ0v) is 19.3. The second-order valence-electron chi connectivity index (χ2n) is 6.88. The fourth-order valence-corrected chi connectivity index (χ4v) is 4.13. The van der Waals surface area contributed by atoms with E-state index >= 15 is 0 Å². The van der Waals surface area contributed by atoms with Gasteiger partial charge in [-0.3, -0.25) is 9.69 Å². The van der Waals surface area contributed by atoms with Gasteiger partial charge in [0.1, 0.15) is 33.4 Å². The molecule has 1 heterocycles. The van der Waals surface area contributed by atoms with Crippen molar-refractivity contribution < 1.29 is 23.0 Å². The second kappa shape index (κ2) is 10.7. The van der Waals surface area contributed by atoms with E-state index in [0.717, 1.165) is 23.4 Å². The number of methoxy groups -OCH3 is 2. The second-order valence-corrected chi connectivity index (χ2v) is 7.86. The first-order valence-electron chi connectivity index (χ1n) is 9.29. The Morgan fingerprint density at radius 2 is 1.74 bits per heavy atom. The van der Waals surface area contributed by atoms with E-state index in [-0.39, 0.29) is 18.0 Å². The summed E-state index contributed by atoms with van der Waals surface area (Å²) in [6.45, 7) is 1.05. The molecule has 0 saturated heterocycles. The summed E-state index contributed by atoms with van der Waals surface area (Å²) in [5.41, 5.74) is 0.348. The van der Waals surface area contributed by atoms with Gasteiger partial charge in [-0.1, -0.05) is 11.3 Å². The number of hydrogen-bond acceptors (Lipinski definition) is 6. The van der Waals surface area contributed by atoms with Crippen LogP contribution in [0.15, 0.2) is 30.3 Å². The molecule has 1 amide bonds. The van der Waals surface area contributed by atoms with Crippen LogP contribution in [0.4, 0.5) is 13.9 Å². The Labute approximate surface area is 189 Å². The predicted octanol–water partition coefficient (Wildman–Crippen LogP) is 4.61. The van der Waals surface area contributed by atoms with E-state index < -0.39 is 17.5 Å². The van der Waals surface area contributed by atoms with Crippen LogP contribution in [0.1, 0.15) is 16.8 Å². The van der Waals surface area contributed by atoms with Crippen molar-refractivity contribution in [1.82, 2.24) is 9.88 Å². The Bertz CT molecular complexity index is 1020. The summed E-state index contributed by atoms with van der Waals surface area (Å²) in [4.78, 5) is 21.2. The van der Waals surface area contributed by atoms with Crippen LogP contribution < -0.4 is 14.4 Å². The van der Waals surface area contributed by atoms with E-state index in [0.29, 0.717) is 41.2 Å². The minimum atomic E-state index is -0.908. The van der Waals surface area contributed by atoms with E-state index in [1.54, 1.807) is 19.2 Å². The van der Waals surface area contributed by atoms with Crippen molar-refractivity contribution in [1.29, 1.82) is 0 Å². The Hall–Kier alpha value is -2.49. The molecule has 0 spiro atoms. The number of rotatable bonds is 8. The van der Waals surface area contributed by atoms with Crippen LogP contribution in [0.2, 0.25) is 0 Å². The summed E-state index contributed by atoms with van der Waals surface area (Å²) in [6.07, 6.45) is 0.645. The lowest BCUT2D eigenvalue weighted by molar-refractivity contribution is 0.0982. The molecule has 0 atom stereocenters. The van der Waals surface area contributed by atoms with Crippen LogP contribution >= 0.6 is 23.7 Å². The van der Waals surface area contributed by atoms with E-state index in [2.05, 4.69) is 4.98 Å². The highest BCUT2D eigenvalue weighted by Gasteiger charge is 2.25. The lowest BCUT2D eigenvalue weighted by atomic mass is 10.1. The molecular formula is C21H24ClF2N3O3S. The molecule has 2 aromatic carbocycles. The minimum absolute atomic E-state index is 0. The van der Waals surface area contributed by atoms with Gasteiger partial charge >= 0.3 is 0 Å². The number of fused-ring (bicyclic) bond motifs is 1. The summed E-state index contributed by atoms with van der Waals surface area (Å²) in [6, 6.07) is 6.43. The van der Waals surface area contributed by atoms with Gasteiger partial charge < -0.3 is 14.4 Å². The monoisotopic (exact) mass is 471 g/mol. The molecule has 0 N–H and O–H groups in total. The molecule has 0 radical (unpaired) electrons. The van der Waals surface area contributed by atoms with Gasteiger partial charge in [0.2, 0.25) is 0 Å². The third-order valence-corrected chi connectivity index (χ3v) is 5.62. The molecule has 0 aliphatic heterocycles. The van der Waals surface area contributed by atoms with Crippen LogP contribution in [0.5, 0.6) is 11.5 Å². The minimum Gasteiger partial charge on any atom is -0.495 e. The summed E-state index contributed by atoms with van der Waals surface area (Å²) >= 11 is 1.26. The van der Waals surface area contributed by atoms with Crippen molar-refractivity contribution in [3.05, 3.63) is 47.5 Å². The third kappa shape index (κ3) is 5.41. The number of carbonyl (C=O) groups is 1. The molecular weight excluding hydrogens is 448 g/mol. The first kappa shape index (κ1) is 24.8. The summed E-state index contributed by atoms with van der Waals surface area (Å²) in [5, 5.41) is 0.389. The Balaban J connectivity index is 0.00000341. The molecule has 31 heavy (non-hydrogen) atoms. The van der Waals surface area contributed by atoms with E-state index in [1.165, 1.54) is 23.3 Å². The van der Waals surface area contributed by atoms with E-state index in [1.807, 2.05) is 19.0 Å². The first-order chi connectivity index (χ1) is 14.3. The molecule has 0 fully saturated rings. The molecule has 0 saturated carbocycles.